The number of benzene rings is 1. The second-order valence-corrected chi connectivity index (χ2v) is 5.54. The van der Waals surface area contributed by atoms with Gasteiger partial charge in [0.1, 0.15) is 6.61 Å². The summed E-state index contributed by atoms with van der Waals surface area (Å²) in [7, 11) is 0. The van der Waals surface area contributed by atoms with Gasteiger partial charge in [-0.3, -0.25) is 4.98 Å². The van der Waals surface area contributed by atoms with Crippen LogP contribution in [0.2, 0.25) is 5.02 Å². The maximum atomic E-state index is 13.6. The summed E-state index contributed by atoms with van der Waals surface area (Å²) in [6, 6.07) is 10.3. The van der Waals surface area contributed by atoms with Crippen LogP contribution >= 0.6 is 11.6 Å². The lowest BCUT2D eigenvalue weighted by atomic mass is 10.0. The van der Waals surface area contributed by atoms with Crippen LogP contribution in [0.1, 0.15) is 23.7 Å². The smallest absolute Gasteiger partial charge is 0.166 e. The first-order valence-electron chi connectivity index (χ1n) is 6.97. The fraction of sp³-hybridized carbons (Fsp3) is 0.312. The van der Waals surface area contributed by atoms with Crippen molar-refractivity contribution < 1.29 is 9.13 Å². The first kappa shape index (κ1) is 14.3. The molecular formula is C16H16ClFN2O. The Bertz CT molecular complexity index is 629. The van der Waals surface area contributed by atoms with Crippen LogP contribution in [-0.2, 0) is 6.61 Å². The molecule has 1 atom stereocenters. The average molecular weight is 307 g/mol. The summed E-state index contributed by atoms with van der Waals surface area (Å²) in [4.78, 5) is 4.60. The molecule has 1 fully saturated rings. The maximum absolute atomic E-state index is 13.6. The third-order valence-corrected chi connectivity index (χ3v) is 3.81. The van der Waals surface area contributed by atoms with E-state index in [1.54, 1.807) is 6.07 Å². The van der Waals surface area contributed by atoms with Crippen molar-refractivity contribution in [3.05, 3.63) is 58.6 Å². The Hall–Kier alpha value is -1.65. The minimum atomic E-state index is -0.460. The number of hydrogen-bond donors (Lipinski definition) is 1. The zero-order chi connectivity index (χ0) is 14.7. The fourth-order valence-electron chi connectivity index (χ4n) is 2.46. The van der Waals surface area contributed by atoms with Gasteiger partial charge >= 0.3 is 0 Å². The Balaban J connectivity index is 1.68. The highest BCUT2D eigenvalue weighted by atomic mass is 35.5. The standard InChI is InChI=1S/C16H16ClFN2O/c17-12-4-5-16(14(18)8-12)21-10-13-2-1-3-15(20-13)11-6-7-19-9-11/h1-5,8,11,19H,6-7,9-10H2. The molecule has 0 bridgehead atoms. The first-order valence-corrected chi connectivity index (χ1v) is 7.34. The van der Waals surface area contributed by atoms with Crippen LogP contribution in [0.25, 0.3) is 0 Å². The molecule has 3 rings (SSSR count). The lowest BCUT2D eigenvalue weighted by molar-refractivity contribution is 0.285. The lowest BCUT2D eigenvalue weighted by Crippen LogP contribution is -2.10. The summed E-state index contributed by atoms with van der Waals surface area (Å²) < 4.78 is 19.1. The molecule has 110 valence electrons. The minimum absolute atomic E-state index is 0.189. The van der Waals surface area contributed by atoms with Gasteiger partial charge in [-0.1, -0.05) is 17.7 Å². The van der Waals surface area contributed by atoms with Crippen molar-refractivity contribution in [3.8, 4) is 5.75 Å². The SMILES string of the molecule is Fc1cc(Cl)ccc1OCc1cccc(C2CCNC2)n1. The molecule has 1 saturated heterocycles. The molecule has 0 aliphatic carbocycles. The van der Waals surface area contributed by atoms with Crippen LogP contribution in [0.4, 0.5) is 4.39 Å². The predicted octanol–water partition coefficient (Wildman–Crippen LogP) is 3.53. The molecule has 1 aliphatic heterocycles. The Morgan fingerprint density at radius 1 is 1.33 bits per heavy atom. The molecular weight excluding hydrogens is 291 g/mol. The van der Waals surface area contributed by atoms with E-state index in [0.29, 0.717) is 10.9 Å². The van der Waals surface area contributed by atoms with Crippen molar-refractivity contribution in [2.75, 3.05) is 13.1 Å². The second-order valence-electron chi connectivity index (χ2n) is 5.11. The van der Waals surface area contributed by atoms with Gasteiger partial charge in [0.25, 0.3) is 0 Å². The number of rotatable bonds is 4. The van der Waals surface area contributed by atoms with Gasteiger partial charge in [-0.05, 0) is 43.3 Å². The van der Waals surface area contributed by atoms with E-state index in [2.05, 4.69) is 10.3 Å². The quantitative estimate of drug-likeness (QED) is 0.938. The van der Waals surface area contributed by atoms with E-state index in [9.17, 15) is 4.39 Å². The van der Waals surface area contributed by atoms with E-state index < -0.39 is 5.82 Å². The molecule has 21 heavy (non-hydrogen) atoms. The van der Waals surface area contributed by atoms with Crippen LogP contribution in [0, 0.1) is 5.82 Å². The molecule has 0 radical (unpaired) electrons. The van der Waals surface area contributed by atoms with E-state index in [1.165, 1.54) is 12.1 Å². The van der Waals surface area contributed by atoms with Crippen LogP contribution in [0.3, 0.4) is 0 Å². The van der Waals surface area contributed by atoms with Gasteiger partial charge in [-0.15, -0.1) is 0 Å². The highest BCUT2D eigenvalue weighted by molar-refractivity contribution is 6.30. The van der Waals surface area contributed by atoms with Gasteiger partial charge in [0.2, 0.25) is 0 Å². The predicted molar refractivity (Wildman–Crippen MR) is 80.2 cm³/mol. The Morgan fingerprint density at radius 2 is 2.24 bits per heavy atom. The van der Waals surface area contributed by atoms with E-state index in [1.807, 2.05) is 18.2 Å². The van der Waals surface area contributed by atoms with Gasteiger partial charge in [-0.2, -0.15) is 0 Å². The highest BCUT2D eigenvalue weighted by Gasteiger charge is 2.18. The number of hydrogen-bond acceptors (Lipinski definition) is 3. The third kappa shape index (κ3) is 3.52. The number of ether oxygens (including phenoxy) is 1. The second kappa shape index (κ2) is 6.41. The molecule has 2 aromatic rings. The van der Waals surface area contributed by atoms with Crippen molar-refractivity contribution >= 4 is 11.6 Å². The number of pyridine rings is 1. The summed E-state index contributed by atoms with van der Waals surface area (Å²) in [5, 5.41) is 3.68. The lowest BCUT2D eigenvalue weighted by Gasteiger charge is -2.11. The molecule has 1 N–H and O–H groups in total. The summed E-state index contributed by atoms with van der Waals surface area (Å²) in [5.41, 5.74) is 1.87. The molecule has 1 unspecified atom stereocenters. The van der Waals surface area contributed by atoms with Gasteiger partial charge in [0, 0.05) is 23.2 Å². The summed E-state index contributed by atoms with van der Waals surface area (Å²) in [5.74, 6) is 0.185. The summed E-state index contributed by atoms with van der Waals surface area (Å²) >= 11 is 5.71. The Morgan fingerprint density at radius 3 is 3.00 bits per heavy atom. The molecule has 0 spiro atoms. The fourth-order valence-corrected chi connectivity index (χ4v) is 2.62. The van der Waals surface area contributed by atoms with Crippen molar-refractivity contribution in [2.24, 2.45) is 0 Å². The number of aromatic nitrogens is 1. The molecule has 3 nitrogen and oxygen atoms in total. The van der Waals surface area contributed by atoms with Gasteiger partial charge < -0.3 is 10.1 Å². The Kier molecular flexibility index (Phi) is 4.36. The molecule has 1 aromatic carbocycles. The summed E-state index contributed by atoms with van der Waals surface area (Å²) in [6.07, 6.45) is 1.10. The van der Waals surface area contributed by atoms with Crippen molar-refractivity contribution in [3.63, 3.8) is 0 Å². The largest absolute Gasteiger partial charge is 0.484 e. The Labute approximate surface area is 128 Å². The van der Waals surface area contributed by atoms with E-state index in [4.69, 9.17) is 16.3 Å². The molecule has 0 saturated carbocycles. The van der Waals surface area contributed by atoms with Crippen LogP contribution in [-0.4, -0.2) is 18.1 Å². The number of nitrogens with zero attached hydrogens (tertiary/aromatic N) is 1. The summed E-state index contributed by atoms with van der Waals surface area (Å²) in [6.45, 7) is 2.23. The van der Waals surface area contributed by atoms with Crippen LogP contribution in [0.15, 0.2) is 36.4 Å². The van der Waals surface area contributed by atoms with Crippen molar-refractivity contribution in [2.45, 2.75) is 18.9 Å². The average Bonchev–Trinajstić information content (AvgIpc) is 3.01. The number of nitrogens with one attached hydrogen (secondary N) is 1. The van der Waals surface area contributed by atoms with Gasteiger partial charge in [0.05, 0.1) is 5.69 Å². The third-order valence-electron chi connectivity index (χ3n) is 3.58. The highest BCUT2D eigenvalue weighted by Crippen LogP contribution is 2.23. The molecule has 0 amide bonds. The minimum Gasteiger partial charge on any atom is -0.484 e. The zero-order valence-electron chi connectivity index (χ0n) is 11.5. The zero-order valence-corrected chi connectivity index (χ0v) is 12.2. The number of halogens is 2. The topological polar surface area (TPSA) is 34.1 Å². The maximum Gasteiger partial charge on any atom is 0.166 e. The van der Waals surface area contributed by atoms with E-state index in [-0.39, 0.29) is 12.4 Å². The normalized spacial score (nSPS) is 17.9. The van der Waals surface area contributed by atoms with Crippen molar-refractivity contribution in [1.82, 2.24) is 10.3 Å². The molecule has 2 heterocycles. The van der Waals surface area contributed by atoms with Crippen LogP contribution in [0.5, 0.6) is 5.75 Å². The van der Waals surface area contributed by atoms with E-state index >= 15 is 0 Å². The van der Waals surface area contributed by atoms with Gasteiger partial charge in [-0.25, -0.2) is 4.39 Å². The van der Waals surface area contributed by atoms with Crippen LogP contribution < -0.4 is 10.1 Å². The van der Waals surface area contributed by atoms with E-state index in [0.717, 1.165) is 30.9 Å². The monoisotopic (exact) mass is 306 g/mol. The molecule has 5 heteroatoms. The van der Waals surface area contributed by atoms with Crippen molar-refractivity contribution in [1.29, 1.82) is 0 Å². The van der Waals surface area contributed by atoms with Gasteiger partial charge in [0.15, 0.2) is 11.6 Å². The molecule has 1 aromatic heterocycles. The first-order chi connectivity index (χ1) is 10.2. The molecule has 1 aliphatic rings.